The van der Waals surface area contributed by atoms with E-state index in [4.69, 9.17) is 28.2 Å². The average Bonchev–Trinajstić information content (AvgIpc) is 3.02. The molecule has 2 aromatic carbocycles. The van der Waals surface area contributed by atoms with Crippen molar-refractivity contribution in [3.8, 4) is 10.6 Å². The first kappa shape index (κ1) is 16.5. The molecular formula is C18H17Cl2N2S+. The van der Waals surface area contributed by atoms with Crippen molar-refractivity contribution >= 4 is 34.5 Å². The van der Waals surface area contributed by atoms with Gasteiger partial charge in [0.15, 0.2) is 0 Å². The Morgan fingerprint density at radius 1 is 1.09 bits per heavy atom. The maximum atomic E-state index is 6.24. The Morgan fingerprint density at radius 3 is 2.57 bits per heavy atom. The zero-order chi connectivity index (χ0) is 16.2. The van der Waals surface area contributed by atoms with Gasteiger partial charge in [0.05, 0.1) is 5.02 Å². The molecule has 0 aliphatic rings. The number of thiazole rings is 1. The first-order chi connectivity index (χ1) is 11.1. The van der Waals surface area contributed by atoms with Gasteiger partial charge in [-0.3, -0.25) is 0 Å². The largest absolute Gasteiger partial charge is 0.335 e. The molecule has 3 aromatic rings. The van der Waals surface area contributed by atoms with E-state index in [1.165, 1.54) is 5.56 Å². The van der Waals surface area contributed by atoms with Gasteiger partial charge in [0.1, 0.15) is 23.3 Å². The van der Waals surface area contributed by atoms with Crippen LogP contribution in [0.15, 0.2) is 53.9 Å². The molecule has 3 rings (SSSR count). The van der Waals surface area contributed by atoms with Crippen LogP contribution in [0.3, 0.4) is 0 Å². The molecule has 5 heteroatoms. The standard InChI is InChI=1S/C18H16Cl2N2S/c1-12(13-6-8-14(19)9-7-13)21-10-15-11-23-18(22-15)16-4-2-3-5-17(16)20/h2-9,11-12,21H,10H2,1H3/p+1/t12-/m1/s1. The van der Waals surface area contributed by atoms with E-state index in [1.807, 2.05) is 36.4 Å². The molecule has 118 valence electrons. The fraction of sp³-hybridized carbons (Fsp3) is 0.167. The van der Waals surface area contributed by atoms with Gasteiger partial charge in [0, 0.05) is 21.5 Å². The van der Waals surface area contributed by atoms with Crippen LogP contribution in [0.2, 0.25) is 10.0 Å². The second kappa shape index (κ2) is 7.45. The Labute approximate surface area is 150 Å². The second-order valence-corrected chi connectivity index (χ2v) is 7.11. The van der Waals surface area contributed by atoms with E-state index in [-0.39, 0.29) is 0 Å². The summed E-state index contributed by atoms with van der Waals surface area (Å²) in [4.78, 5) is 4.70. The number of nitrogens with zero attached hydrogens (tertiary/aromatic N) is 1. The molecule has 23 heavy (non-hydrogen) atoms. The van der Waals surface area contributed by atoms with Crippen molar-refractivity contribution in [1.82, 2.24) is 4.98 Å². The molecule has 1 atom stereocenters. The third kappa shape index (κ3) is 4.12. The smallest absolute Gasteiger partial charge is 0.125 e. The summed E-state index contributed by atoms with van der Waals surface area (Å²) in [5, 5.41) is 6.85. The molecule has 0 saturated heterocycles. The van der Waals surface area contributed by atoms with Crippen LogP contribution in [0.25, 0.3) is 10.6 Å². The molecule has 1 heterocycles. The number of halogens is 2. The van der Waals surface area contributed by atoms with E-state index in [2.05, 4.69) is 29.8 Å². The minimum Gasteiger partial charge on any atom is -0.335 e. The Balaban J connectivity index is 1.65. The molecule has 2 N–H and O–H groups in total. The monoisotopic (exact) mass is 363 g/mol. The highest BCUT2D eigenvalue weighted by Crippen LogP contribution is 2.29. The van der Waals surface area contributed by atoms with Gasteiger partial charge in [0.25, 0.3) is 0 Å². The first-order valence-electron chi connectivity index (χ1n) is 7.41. The highest BCUT2D eigenvalue weighted by molar-refractivity contribution is 7.13. The van der Waals surface area contributed by atoms with Crippen molar-refractivity contribution in [2.24, 2.45) is 0 Å². The van der Waals surface area contributed by atoms with Crippen LogP contribution in [0, 0.1) is 0 Å². The van der Waals surface area contributed by atoms with Crippen LogP contribution in [0.4, 0.5) is 0 Å². The van der Waals surface area contributed by atoms with Gasteiger partial charge in [-0.1, -0.05) is 53.5 Å². The number of aromatic nitrogens is 1. The SMILES string of the molecule is C[C@@H]([NH2+]Cc1csc(-c2ccccc2Cl)n1)c1ccc(Cl)cc1. The van der Waals surface area contributed by atoms with Gasteiger partial charge in [-0.2, -0.15) is 0 Å². The van der Waals surface area contributed by atoms with Gasteiger partial charge in [-0.25, -0.2) is 4.98 Å². The fourth-order valence-electron chi connectivity index (χ4n) is 2.36. The lowest BCUT2D eigenvalue weighted by Gasteiger charge is -2.10. The molecule has 0 aliphatic carbocycles. The van der Waals surface area contributed by atoms with Crippen LogP contribution in [0.5, 0.6) is 0 Å². The van der Waals surface area contributed by atoms with Crippen molar-refractivity contribution < 1.29 is 5.32 Å². The highest BCUT2D eigenvalue weighted by atomic mass is 35.5. The Bertz CT molecular complexity index is 784. The quantitative estimate of drug-likeness (QED) is 0.683. The number of rotatable bonds is 5. The lowest BCUT2D eigenvalue weighted by Crippen LogP contribution is -2.83. The summed E-state index contributed by atoms with van der Waals surface area (Å²) in [6, 6.07) is 16.2. The minimum absolute atomic E-state index is 0.359. The first-order valence-corrected chi connectivity index (χ1v) is 9.05. The molecule has 1 aromatic heterocycles. The average molecular weight is 364 g/mol. The highest BCUT2D eigenvalue weighted by Gasteiger charge is 2.12. The van der Waals surface area contributed by atoms with E-state index in [0.717, 1.165) is 32.9 Å². The molecule has 0 saturated carbocycles. The number of quaternary nitrogens is 1. The van der Waals surface area contributed by atoms with E-state index in [9.17, 15) is 0 Å². The maximum Gasteiger partial charge on any atom is 0.125 e. The third-order valence-corrected chi connectivity index (χ3v) is 5.24. The number of benzene rings is 2. The third-order valence-electron chi connectivity index (χ3n) is 3.73. The summed E-state index contributed by atoms with van der Waals surface area (Å²) in [6.07, 6.45) is 0. The van der Waals surface area contributed by atoms with Crippen molar-refractivity contribution in [1.29, 1.82) is 0 Å². The van der Waals surface area contributed by atoms with Crippen molar-refractivity contribution in [2.75, 3.05) is 0 Å². The molecule has 0 fully saturated rings. The van der Waals surface area contributed by atoms with E-state index in [1.54, 1.807) is 11.3 Å². The van der Waals surface area contributed by atoms with Crippen LogP contribution < -0.4 is 5.32 Å². The van der Waals surface area contributed by atoms with Crippen molar-refractivity contribution in [3.05, 3.63) is 75.2 Å². The van der Waals surface area contributed by atoms with Gasteiger partial charge in [-0.05, 0) is 25.1 Å². The van der Waals surface area contributed by atoms with E-state index >= 15 is 0 Å². The number of hydrogen-bond acceptors (Lipinski definition) is 2. The van der Waals surface area contributed by atoms with Crippen LogP contribution in [0.1, 0.15) is 24.2 Å². The second-order valence-electron chi connectivity index (χ2n) is 5.40. The molecule has 0 radical (unpaired) electrons. The summed E-state index contributed by atoms with van der Waals surface area (Å²) in [6.45, 7) is 3.02. The van der Waals surface area contributed by atoms with Crippen molar-refractivity contribution in [2.45, 2.75) is 19.5 Å². The lowest BCUT2D eigenvalue weighted by atomic mass is 10.1. The Kier molecular flexibility index (Phi) is 5.34. The molecule has 0 spiro atoms. The van der Waals surface area contributed by atoms with E-state index < -0.39 is 0 Å². The zero-order valence-electron chi connectivity index (χ0n) is 12.7. The number of hydrogen-bond donors (Lipinski definition) is 1. The number of nitrogens with two attached hydrogens (primary N) is 1. The van der Waals surface area contributed by atoms with Crippen LogP contribution in [-0.2, 0) is 6.54 Å². The van der Waals surface area contributed by atoms with E-state index in [0.29, 0.717) is 6.04 Å². The molecular weight excluding hydrogens is 347 g/mol. The fourth-order valence-corrected chi connectivity index (χ4v) is 3.64. The molecule has 0 unspecified atom stereocenters. The molecule has 0 aliphatic heterocycles. The van der Waals surface area contributed by atoms with Gasteiger partial charge in [-0.15, -0.1) is 11.3 Å². The van der Waals surface area contributed by atoms with Crippen molar-refractivity contribution in [3.63, 3.8) is 0 Å². The summed E-state index contributed by atoms with van der Waals surface area (Å²) < 4.78 is 0. The zero-order valence-corrected chi connectivity index (χ0v) is 15.0. The van der Waals surface area contributed by atoms with Crippen LogP contribution >= 0.6 is 34.5 Å². The normalized spacial score (nSPS) is 12.3. The maximum absolute atomic E-state index is 6.24. The van der Waals surface area contributed by atoms with Gasteiger partial charge < -0.3 is 5.32 Å². The molecule has 2 nitrogen and oxygen atoms in total. The minimum atomic E-state index is 0.359. The summed E-state index contributed by atoms with van der Waals surface area (Å²) in [7, 11) is 0. The Hall–Kier alpha value is -1.39. The summed E-state index contributed by atoms with van der Waals surface area (Å²) in [5.41, 5.74) is 3.33. The molecule has 0 amide bonds. The van der Waals surface area contributed by atoms with Gasteiger partial charge >= 0.3 is 0 Å². The predicted octanol–water partition coefficient (Wildman–Crippen LogP) is 4.94. The topological polar surface area (TPSA) is 29.5 Å². The summed E-state index contributed by atoms with van der Waals surface area (Å²) >= 11 is 13.8. The lowest BCUT2D eigenvalue weighted by molar-refractivity contribution is -0.708. The summed E-state index contributed by atoms with van der Waals surface area (Å²) in [5.74, 6) is 0. The van der Waals surface area contributed by atoms with Crippen LogP contribution in [-0.4, -0.2) is 4.98 Å². The Morgan fingerprint density at radius 2 is 1.83 bits per heavy atom. The van der Waals surface area contributed by atoms with Gasteiger partial charge in [0.2, 0.25) is 0 Å². The predicted molar refractivity (Wildman–Crippen MR) is 98.1 cm³/mol. The molecule has 0 bridgehead atoms.